The summed E-state index contributed by atoms with van der Waals surface area (Å²) in [6.45, 7) is 8.72. The lowest BCUT2D eigenvalue weighted by atomic mass is 9.78. The van der Waals surface area contributed by atoms with Gasteiger partial charge in [-0.05, 0) is 49.9 Å². The van der Waals surface area contributed by atoms with Crippen LogP contribution in [0.3, 0.4) is 0 Å². The molecule has 1 saturated heterocycles. The van der Waals surface area contributed by atoms with E-state index in [0.29, 0.717) is 24.1 Å². The van der Waals surface area contributed by atoms with Gasteiger partial charge >= 0.3 is 0 Å². The van der Waals surface area contributed by atoms with Gasteiger partial charge in [-0.25, -0.2) is 4.98 Å². The standard InChI is InChI=1S/C25H36N4O4S/c1-15-22(34-14-27-15)17-7-5-16(6-8-17)12-26-23(31)19-11-18(30)13-29(19)24(32)21(25(2,3)4)20-9-10-28-33-20/h9-10,14,16-19,21,30H,5-8,11-13H2,1-4H3,(H,26,31)/t16-,17-,18-,19+,21-/m1/s1. The number of hydrogen-bond donors (Lipinski definition) is 2. The van der Waals surface area contributed by atoms with Crippen LogP contribution < -0.4 is 5.32 Å². The molecule has 0 unspecified atom stereocenters. The molecule has 2 aromatic rings. The summed E-state index contributed by atoms with van der Waals surface area (Å²) in [5.74, 6) is 0.507. The van der Waals surface area contributed by atoms with E-state index in [2.05, 4.69) is 22.4 Å². The Hall–Kier alpha value is -2.26. The van der Waals surface area contributed by atoms with E-state index in [1.54, 1.807) is 17.4 Å². The van der Waals surface area contributed by atoms with Crippen LogP contribution in [0.4, 0.5) is 0 Å². The van der Waals surface area contributed by atoms with E-state index in [4.69, 9.17) is 4.52 Å². The second-order valence-corrected chi connectivity index (χ2v) is 11.8. The minimum Gasteiger partial charge on any atom is -0.391 e. The highest BCUT2D eigenvalue weighted by molar-refractivity contribution is 7.09. The SMILES string of the molecule is Cc1ncsc1[C@H]1CC[C@H](CNC(=O)[C@@H]2C[C@@H](O)CN2C(=O)[C@@H](c2ccno2)C(C)(C)C)CC1. The van der Waals surface area contributed by atoms with Crippen LogP contribution in [-0.4, -0.2) is 57.2 Å². The normalized spacial score (nSPS) is 26.4. The molecular formula is C25H36N4O4S. The van der Waals surface area contributed by atoms with Crippen LogP contribution in [0, 0.1) is 18.3 Å². The molecule has 34 heavy (non-hydrogen) atoms. The summed E-state index contributed by atoms with van der Waals surface area (Å²) in [5, 5.41) is 17.2. The molecule has 0 aromatic carbocycles. The van der Waals surface area contributed by atoms with Gasteiger partial charge in [0.1, 0.15) is 17.7 Å². The largest absolute Gasteiger partial charge is 0.391 e. The average Bonchev–Trinajstić information content (AvgIpc) is 3.53. The number of nitrogens with zero attached hydrogens (tertiary/aromatic N) is 3. The summed E-state index contributed by atoms with van der Waals surface area (Å²) in [6, 6.07) is 1.02. The van der Waals surface area contributed by atoms with E-state index in [1.807, 2.05) is 26.3 Å². The molecule has 1 aliphatic carbocycles. The summed E-state index contributed by atoms with van der Waals surface area (Å²) < 4.78 is 5.33. The fourth-order valence-corrected chi connectivity index (χ4v) is 6.44. The van der Waals surface area contributed by atoms with E-state index in [1.165, 1.54) is 16.0 Å². The van der Waals surface area contributed by atoms with Crippen LogP contribution in [0.5, 0.6) is 0 Å². The number of β-amino-alcohol motifs (C(OH)–C–C–N with tert-alkyl or cyclic N) is 1. The first-order chi connectivity index (χ1) is 16.1. The molecule has 9 heteroatoms. The summed E-state index contributed by atoms with van der Waals surface area (Å²) in [4.78, 5) is 34.0. The zero-order valence-electron chi connectivity index (χ0n) is 20.5. The average molecular weight is 489 g/mol. The number of hydrogen-bond acceptors (Lipinski definition) is 7. The third-order valence-electron chi connectivity index (χ3n) is 7.29. The van der Waals surface area contributed by atoms with E-state index in [-0.39, 0.29) is 24.8 Å². The number of aliphatic hydroxyl groups excluding tert-OH is 1. The van der Waals surface area contributed by atoms with Crippen LogP contribution in [0.15, 0.2) is 22.3 Å². The monoisotopic (exact) mass is 488 g/mol. The Morgan fingerprint density at radius 3 is 2.62 bits per heavy atom. The number of aryl methyl sites for hydroxylation is 1. The summed E-state index contributed by atoms with van der Waals surface area (Å²) in [6.07, 6.45) is 5.42. The second kappa shape index (κ2) is 10.2. The molecule has 2 N–H and O–H groups in total. The van der Waals surface area contributed by atoms with Gasteiger partial charge in [0.15, 0.2) is 0 Å². The van der Waals surface area contributed by atoms with E-state index < -0.39 is 23.5 Å². The third kappa shape index (κ3) is 5.35. The van der Waals surface area contributed by atoms with Crippen molar-refractivity contribution < 1.29 is 19.2 Å². The molecule has 4 rings (SSSR count). The van der Waals surface area contributed by atoms with Gasteiger partial charge in [-0.3, -0.25) is 9.59 Å². The molecule has 2 fully saturated rings. The zero-order valence-corrected chi connectivity index (χ0v) is 21.3. The predicted molar refractivity (Wildman–Crippen MR) is 129 cm³/mol. The molecule has 2 aromatic heterocycles. The Bertz CT molecular complexity index is 975. The molecule has 0 bridgehead atoms. The second-order valence-electron chi connectivity index (χ2n) is 10.9. The Morgan fingerprint density at radius 1 is 1.29 bits per heavy atom. The van der Waals surface area contributed by atoms with Gasteiger partial charge in [0.2, 0.25) is 11.8 Å². The molecule has 0 radical (unpaired) electrons. The first kappa shape index (κ1) is 24.9. The molecule has 2 aliphatic rings. The molecule has 1 saturated carbocycles. The van der Waals surface area contributed by atoms with Crippen LogP contribution in [0.25, 0.3) is 0 Å². The first-order valence-corrected chi connectivity index (χ1v) is 13.1. The van der Waals surface area contributed by atoms with Crippen molar-refractivity contribution in [3.8, 4) is 0 Å². The van der Waals surface area contributed by atoms with Crippen molar-refractivity contribution in [1.29, 1.82) is 0 Å². The number of carbonyl (C=O) groups excluding carboxylic acids is 2. The van der Waals surface area contributed by atoms with E-state index in [0.717, 1.165) is 31.4 Å². The number of thiazole rings is 1. The Balaban J connectivity index is 1.36. The Morgan fingerprint density at radius 2 is 2.03 bits per heavy atom. The quantitative estimate of drug-likeness (QED) is 0.643. The van der Waals surface area contributed by atoms with Crippen molar-refractivity contribution >= 4 is 23.2 Å². The molecular weight excluding hydrogens is 452 g/mol. The molecule has 3 heterocycles. The number of nitrogens with one attached hydrogen (secondary N) is 1. The Kier molecular flexibility index (Phi) is 7.42. The summed E-state index contributed by atoms with van der Waals surface area (Å²) in [7, 11) is 0. The lowest BCUT2D eigenvalue weighted by Gasteiger charge is -2.34. The maximum atomic E-state index is 13.6. The maximum absolute atomic E-state index is 13.6. The van der Waals surface area contributed by atoms with Crippen LogP contribution in [-0.2, 0) is 9.59 Å². The van der Waals surface area contributed by atoms with Crippen molar-refractivity contribution in [2.75, 3.05) is 13.1 Å². The molecule has 186 valence electrons. The topological polar surface area (TPSA) is 109 Å². The van der Waals surface area contributed by atoms with Gasteiger partial charge < -0.3 is 19.8 Å². The molecule has 1 aliphatic heterocycles. The fourth-order valence-electron chi connectivity index (χ4n) is 5.46. The van der Waals surface area contributed by atoms with Crippen molar-refractivity contribution in [3.05, 3.63) is 34.1 Å². The number of likely N-dealkylation sites (tertiary alicyclic amines) is 1. The van der Waals surface area contributed by atoms with Crippen LogP contribution in [0.2, 0.25) is 0 Å². The summed E-state index contributed by atoms with van der Waals surface area (Å²) in [5.41, 5.74) is 2.64. The van der Waals surface area contributed by atoms with E-state index >= 15 is 0 Å². The predicted octanol–water partition coefficient (Wildman–Crippen LogP) is 3.62. The highest BCUT2D eigenvalue weighted by Gasteiger charge is 2.45. The molecule has 0 spiro atoms. The third-order valence-corrected chi connectivity index (χ3v) is 8.38. The minimum absolute atomic E-state index is 0.150. The van der Waals surface area contributed by atoms with E-state index in [9.17, 15) is 14.7 Å². The van der Waals surface area contributed by atoms with Crippen LogP contribution >= 0.6 is 11.3 Å². The minimum atomic E-state index is -0.715. The zero-order chi connectivity index (χ0) is 24.5. The van der Waals surface area contributed by atoms with Crippen LogP contribution in [0.1, 0.15) is 81.0 Å². The van der Waals surface area contributed by atoms with Gasteiger partial charge in [0.05, 0.1) is 23.5 Å². The van der Waals surface area contributed by atoms with Crippen molar-refractivity contribution in [1.82, 2.24) is 20.4 Å². The van der Waals surface area contributed by atoms with Gasteiger partial charge in [-0.15, -0.1) is 11.3 Å². The highest BCUT2D eigenvalue weighted by Crippen LogP contribution is 2.39. The smallest absolute Gasteiger partial charge is 0.242 e. The first-order valence-electron chi connectivity index (χ1n) is 12.2. The number of carbonyl (C=O) groups is 2. The number of aliphatic hydroxyl groups is 1. The Labute approximate surface area is 205 Å². The highest BCUT2D eigenvalue weighted by atomic mass is 32.1. The lowest BCUT2D eigenvalue weighted by Crippen LogP contribution is -2.49. The van der Waals surface area contributed by atoms with Crippen molar-refractivity contribution in [3.63, 3.8) is 0 Å². The number of rotatable bonds is 6. The number of aromatic nitrogens is 2. The molecule has 2 amide bonds. The molecule has 8 nitrogen and oxygen atoms in total. The van der Waals surface area contributed by atoms with Gasteiger partial charge in [-0.2, -0.15) is 0 Å². The number of amides is 2. The molecule has 3 atom stereocenters. The van der Waals surface area contributed by atoms with Gasteiger partial charge in [-0.1, -0.05) is 25.9 Å². The lowest BCUT2D eigenvalue weighted by molar-refractivity contribution is -0.142. The van der Waals surface area contributed by atoms with Gasteiger partial charge in [0, 0.05) is 30.5 Å². The fraction of sp³-hybridized carbons (Fsp3) is 0.680. The van der Waals surface area contributed by atoms with Crippen molar-refractivity contribution in [2.45, 2.75) is 83.8 Å². The summed E-state index contributed by atoms with van der Waals surface area (Å²) >= 11 is 1.75. The maximum Gasteiger partial charge on any atom is 0.242 e. The van der Waals surface area contributed by atoms with Crippen molar-refractivity contribution in [2.24, 2.45) is 11.3 Å². The van der Waals surface area contributed by atoms with Gasteiger partial charge in [0.25, 0.3) is 0 Å².